The molecule has 1 N–H and O–H groups in total. The number of rotatable bonds is 3. The largest absolute Gasteiger partial charge is 0.508 e. The average molecular weight is 557 g/mol. The molecule has 6 rings (SSSR count). The highest BCUT2D eigenvalue weighted by molar-refractivity contribution is 6.53. The van der Waals surface area contributed by atoms with Crippen molar-refractivity contribution in [2.24, 2.45) is 0 Å². The average Bonchev–Trinajstić information content (AvgIpc) is 3.24. The van der Waals surface area contributed by atoms with Gasteiger partial charge < -0.3 is 9.84 Å². The summed E-state index contributed by atoms with van der Waals surface area (Å²) >= 11 is 14.2. The Morgan fingerprint density at radius 3 is 2.39 bits per heavy atom. The number of para-hydroxylation sites is 1. The number of aromatic hydroxyl groups is 1. The highest BCUT2D eigenvalue weighted by Gasteiger charge is 2.75. The van der Waals surface area contributed by atoms with Gasteiger partial charge in [0.25, 0.3) is 11.8 Å². The molecule has 2 fully saturated rings. The summed E-state index contributed by atoms with van der Waals surface area (Å²) < 4.78 is 9.17. The van der Waals surface area contributed by atoms with E-state index < -0.39 is 44.9 Å². The van der Waals surface area contributed by atoms with E-state index in [0.29, 0.717) is 16.8 Å². The number of halogens is 2. The molecule has 1 saturated carbocycles. The van der Waals surface area contributed by atoms with Crippen LogP contribution in [0.4, 0.5) is 0 Å². The maximum absolute atomic E-state index is 13.8. The van der Waals surface area contributed by atoms with Crippen molar-refractivity contribution in [1.82, 2.24) is 18.8 Å². The number of likely N-dealkylation sites (tertiary alicyclic amines) is 1. The first-order valence-corrected chi connectivity index (χ1v) is 12.6. The molecule has 10 nitrogen and oxygen atoms in total. The molecular weight excluding hydrogens is 535 g/mol. The second-order valence-electron chi connectivity index (χ2n) is 9.63. The summed E-state index contributed by atoms with van der Waals surface area (Å²) in [4.78, 5) is 51.2. The van der Waals surface area contributed by atoms with Crippen molar-refractivity contribution in [1.29, 1.82) is 0 Å². The molecule has 0 unspecified atom stereocenters. The molecule has 2 amide bonds. The molecule has 2 aliphatic heterocycles. The van der Waals surface area contributed by atoms with Crippen LogP contribution in [0.5, 0.6) is 11.5 Å². The second-order valence-corrected chi connectivity index (χ2v) is 10.9. The van der Waals surface area contributed by atoms with Crippen molar-refractivity contribution < 1.29 is 19.4 Å². The number of allylic oxidation sites excluding steroid dienone is 2. The van der Waals surface area contributed by atoms with Gasteiger partial charge in [0, 0.05) is 31.0 Å². The summed E-state index contributed by atoms with van der Waals surface area (Å²) in [5, 5.41) is 10.1. The van der Waals surface area contributed by atoms with Crippen LogP contribution >= 0.6 is 23.2 Å². The molecule has 0 radical (unpaired) electrons. The number of fused-ring (bicyclic) bond motifs is 4. The summed E-state index contributed by atoms with van der Waals surface area (Å²) in [7, 11) is 2.72. The van der Waals surface area contributed by atoms with Gasteiger partial charge in [-0.05, 0) is 23.8 Å². The lowest BCUT2D eigenvalue weighted by Crippen LogP contribution is -2.59. The van der Waals surface area contributed by atoms with E-state index in [1.807, 2.05) is 0 Å². The van der Waals surface area contributed by atoms with Gasteiger partial charge >= 0.3 is 11.4 Å². The first-order valence-electron chi connectivity index (χ1n) is 11.8. The Labute approximate surface area is 225 Å². The molecule has 12 heteroatoms. The van der Waals surface area contributed by atoms with Crippen molar-refractivity contribution in [2.45, 2.75) is 34.7 Å². The first kappa shape index (κ1) is 24.6. The lowest BCUT2D eigenvalue weighted by atomic mass is 9.64. The standard InChI is InChI=1S/C26H22Cl2N4O6/c1-29-21(34)25(27)13-18-16(20(26(25,28)22(29)35)17-9-8-15(33)12-19(17)38-2)10-11-30-23(36)31(24(37)32(18)30)14-6-4-3-5-7-14/h3-10,12,18,20,33H,11,13H2,1-2H3/t18-,20-,25-,26+/m1/s1. The minimum Gasteiger partial charge on any atom is -0.508 e. The number of aromatic nitrogens is 3. The Balaban J connectivity index is 1.64. The summed E-state index contributed by atoms with van der Waals surface area (Å²) in [5.41, 5.74) is 0.187. The van der Waals surface area contributed by atoms with Crippen LogP contribution in [0.25, 0.3) is 5.69 Å². The Hall–Kier alpha value is -3.76. The van der Waals surface area contributed by atoms with Gasteiger partial charge in [0.2, 0.25) is 0 Å². The van der Waals surface area contributed by atoms with Crippen LogP contribution in [-0.2, 0) is 16.1 Å². The van der Waals surface area contributed by atoms with Gasteiger partial charge in [0.05, 0.1) is 25.4 Å². The van der Waals surface area contributed by atoms with Gasteiger partial charge in [-0.3, -0.25) is 14.5 Å². The zero-order valence-corrected chi connectivity index (χ0v) is 21.8. The quantitative estimate of drug-likeness (QED) is 0.300. The third-order valence-corrected chi connectivity index (χ3v) is 9.24. The van der Waals surface area contributed by atoms with Gasteiger partial charge in [-0.1, -0.05) is 30.3 Å². The summed E-state index contributed by atoms with van der Waals surface area (Å²) in [6.07, 6.45) is 1.54. The number of hydrogen-bond acceptors (Lipinski definition) is 6. The molecule has 0 bridgehead atoms. The first-order chi connectivity index (χ1) is 18.1. The van der Waals surface area contributed by atoms with Crippen molar-refractivity contribution in [3.05, 3.63) is 86.7 Å². The van der Waals surface area contributed by atoms with Crippen LogP contribution in [0.15, 0.2) is 69.8 Å². The van der Waals surface area contributed by atoms with Crippen LogP contribution in [0.1, 0.15) is 23.9 Å². The van der Waals surface area contributed by atoms with Gasteiger partial charge in [-0.25, -0.2) is 23.5 Å². The number of hydrogen-bond donors (Lipinski definition) is 1. The van der Waals surface area contributed by atoms with E-state index in [0.717, 1.165) is 9.47 Å². The zero-order chi connectivity index (χ0) is 27.1. The molecule has 1 aliphatic carbocycles. The molecule has 3 aliphatic rings. The predicted molar refractivity (Wildman–Crippen MR) is 138 cm³/mol. The highest BCUT2D eigenvalue weighted by Crippen LogP contribution is 2.64. The van der Waals surface area contributed by atoms with Crippen LogP contribution in [0.2, 0.25) is 0 Å². The van der Waals surface area contributed by atoms with Crippen molar-refractivity contribution in [3.8, 4) is 17.2 Å². The fourth-order valence-corrected chi connectivity index (χ4v) is 7.08. The van der Waals surface area contributed by atoms with E-state index in [2.05, 4.69) is 0 Å². The fraction of sp³-hybridized carbons (Fsp3) is 0.308. The number of ether oxygens (including phenoxy) is 1. The SMILES string of the molecule is COc1cc(O)ccc1[C@H]1C2=CCn3c(=O)n(-c4ccccc4)c(=O)n3[C@@H]2C[C@@]2(Cl)C(=O)N(C)C(=O)[C@@]12Cl. The second kappa shape index (κ2) is 8.12. The lowest BCUT2D eigenvalue weighted by molar-refractivity contribution is -0.137. The van der Waals surface area contributed by atoms with E-state index in [-0.39, 0.29) is 24.5 Å². The van der Waals surface area contributed by atoms with Crippen molar-refractivity contribution in [2.75, 3.05) is 14.2 Å². The monoisotopic (exact) mass is 556 g/mol. The van der Waals surface area contributed by atoms with Gasteiger partial charge in [0.1, 0.15) is 11.5 Å². The number of alkyl halides is 2. The smallest absolute Gasteiger partial charge is 0.352 e. The van der Waals surface area contributed by atoms with E-state index >= 15 is 0 Å². The molecule has 1 saturated heterocycles. The molecule has 38 heavy (non-hydrogen) atoms. The Morgan fingerprint density at radius 1 is 1.00 bits per heavy atom. The maximum atomic E-state index is 13.8. The van der Waals surface area contributed by atoms with Crippen molar-refractivity contribution in [3.63, 3.8) is 0 Å². The van der Waals surface area contributed by atoms with Crippen molar-refractivity contribution >= 4 is 35.0 Å². The summed E-state index contributed by atoms with van der Waals surface area (Å²) in [5.74, 6) is -2.25. The topological polar surface area (TPSA) is 116 Å². The van der Waals surface area contributed by atoms with Gasteiger partial charge in [0.15, 0.2) is 9.75 Å². The molecule has 1 aromatic heterocycles. The third kappa shape index (κ3) is 2.90. The number of amides is 2. The Kier molecular flexibility index (Phi) is 5.25. The molecule has 2 aromatic carbocycles. The van der Waals surface area contributed by atoms with Gasteiger partial charge in [-0.15, -0.1) is 23.2 Å². The van der Waals surface area contributed by atoms with Crippen LogP contribution in [-0.4, -0.2) is 59.7 Å². The minimum absolute atomic E-state index is 0.0247. The van der Waals surface area contributed by atoms with E-state index in [4.69, 9.17) is 27.9 Å². The molecule has 3 aromatic rings. The summed E-state index contributed by atoms with van der Waals surface area (Å²) in [6.45, 7) is 0.0247. The van der Waals surface area contributed by atoms with E-state index in [1.165, 1.54) is 35.7 Å². The van der Waals surface area contributed by atoms with E-state index in [1.54, 1.807) is 42.5 Å². The number of carbonyl (C=O) groups excluding carboxylic acids is 2. The zero-order valence-electron chi connectivity index (χ0n) is 20.3. The fourth-order valence-electron chi connectivity index (χ4n) is 6.09. The van der Waals surface area contributed by atoms with Crippen LogP contribution in [0.3, 0.4) is 0 Å². The Bertz CT molecular complexity index is 1670. The van der Waals surface area contributed by atoms with Crippen LogP contribution in [0, 0.1) is 0 Å². The maximum Gasteiger partial charge on any atom is 0.352 e. The number of nitrogens with zero attached hydrogens (tertiary/aromatic N) is 4. The molecule has 0 spiro atoms. The van der Waals surface area contributed by atoms with E-state index in [9.17, 15) is 24.3 Å². The molecule has 196 valence electrons. The summed E-state index contributed by atoms with van der Waals surface area (Å²) in [6, 6.07) is 12.0. The number of benzene rings is 2. The van der Waals surface area contributed by atoms with Crippen LogP contribution < -0.4 is 16.1 Å². The molecule has 4 atom stereocenters. The highest BCUT2D eigenvalue weighted by atomic mass is 35.5. The van der Waals surface area contributed by atoms with Gasteiger partial charge in [-0.2, -0.15) is 0 Å². The number of phenols is 1. The number of carbonyl (C=O) groups is 2. The third-order valence-electron chi connectivity index (χ3n) is 7.82. The number of methoxy groups -OCH3 is 1. The predicted octanol–water partition coefficient (Wildman–Crippen LogP) is 2.14. The number of phenolic OH excluding ortho intramolecular Hbond substituents is 1. The molecular formula is C26H22Cl2N4O6. The minimum atomic E-state index is -1.96. The number of imide groups is 1. The normalized spacial score (nSPS) is 28.0. The molecule has 3 heterocycles. The Morgan fingerprint density at radius 2 is 1.71 bits per heavy atom. The lowest BCUT2D eigenvalue weighted by Gasteiger charge is -2.49.